The van der Waals surface area contributed by atoms with Crippen LogP contribution in [0.15, 0.2) is 52.4 Å². The minimum Gasteiger partial charge on any atom is -0.472 e. The van der Waals surface area contributed by atoms with Crippen LogP contribution >= 0.6 is 11.8 Å². The smallest absolute Gasteiger partial charge is 0.254 e. The summed E-state index contributed by atoms with van der Waals surface area (Å²) in [7, 11) is 0. The van der Waals surface area contributed by atoms with Crippen LogP contribution in [0, 0.1) is 5.82 Å². The van der Waals surface area contributed by atoms with Crippen LogP contribution in [-0.2, 0) is 6.54 Å². The molecule has 0 saturated heterocycles. The van der Waals surface area contributed by atoms with E-state index in [1.165, 1.54) is 36.4 Å². The Labute approximate surface area is 135 Å². The molecule has 1 aromatic carbocycles. The first-order valence-corrected chi connectivity index (χ1v) is 7.96. The Kier molecular flexibility index (Phi) is 4.42. The second-order valence-corrected chi connectivity index (χ2v) is 5.38. The van der Waals surface area contributed by atoms with Gasteiger partial charge in [-0.05, 0) is 36.6 Å². The molecule has 0 fully saturated rings. The van der Waals surface area contributed by atoms with Crippen LogP contribution in [-0.4, -0.2) is 26.9 Å². The summed E-state index contributed by atoms with van der Waals surface area (Å²) in [4.78, 5) is 12.0. The summed E-state index contributed by atoms with van der Waals surface area (Å²) in [6.45, 7) is 0.189. The number of amides is 1. The fraction of sp³-hybridized carbons (Fsp3) is 0.133. The standard InChI is InChI=1S/C15H13FN4O2S/c1-23-15-19-18-13(8-17-14(21)10-6-7-22-9-10)20(15)12-4-2-11(16)3-5-12/h2-7,9H,8H2,1H3,(H,17,21). The first-order chi connectivity index (χ1) is 11.2. The van der Waals surface area contributed by atoms with E-state index in [2.05, 4.69) is 15.5 Å². The number of aromatic nitrogens is 3. The maximum Gasteiger partial charge on any atom is 0.254 e. The molecule has 2 aromatic heterocycles. The summed E-state index contributed by atoms with van der Waals surface area (Å²) in [6, 6.07) is 7.59. The Hall–Kier alpha value is -2.61. The fourth-order valence-corrected chi connectivity index (χ4v) is 2.57. The van der Waals surface area contributed by atoms with E-state index in [9.17, 15) is 9.18 Å². The van der Waals surface area contributed by atoms with E-state index in [-0.39, 0.29) is 18.3 Å². The molecule has 118 valence electrons. The van der Waals surface area contributed by atoms with Crippen molar-refractivity contribution in [3.63, 3.8) is 0 Å². The Morgan fingerprint density at radius 2 is 2.09 bits per heavy atom. The zero-order chi connectivity index (χ0) is 16.2. The van der Waals surface area contributed by atoms with Crippen LogP contribution in [0.5, 0.6) is 0 Å². The van der Waals surface area contributed by atoms with E-state index in [1.54, 1.807) is 22.8 Å². The molecular weight excluding hydrogens is 319 g/mol. The summed E-state index contributed by atoms with van der Waals surface area (Å²) < 4.78 is 19.8. The van der Waals surface area contributed by atoms with Gasteiger partial charge in [0, 0.05) is 5.69 Å². The number of furan rings is 1. The first-order valence-electron chi connectivity index (χ1n) is 6.73. The van der Waals surface area contributed by atoms with Gasteiger partial charge in [-0.15, -0.1) is 10.2 Å². The fourth-order valence-electron chi connectivity index (χ4n) is 2.05. The van der Waals surface area contributed by atoms with Crippen LogP contribution in [0.3, 0.4) is 0 Å². The Morgan fingerprint density at radius 1 is 1.30 bits per heavy atom. The highest BCUT2D eigenvalue weighted by Crippen LogP contribution is 2.20. The molecule has 0 atom stereocenters. The minimum atomic E-state index is -0.317. The first kappa shape index (κ1) is 15.3. The summed E-state index contributed by atoms with van der Waals surface area (Å²) >= 11 is 1.42. The number of halogens is 1. The van der Waals surface area contributed by atoms with Gasteiger partial charge in [-0.25, -0.2) is 4.39 Å². The van der Waals surface area contributed by atoms with Crippen LogP contribution in [0.4, 0.5) is 4.39 Å². The van der Waals surface area contributed by atoms with E-state index in [0.29, 0.717) is 16.5 Å². The molecule has 0 spiro atoms. The summed E-state index contributed by atoms with van der Waals surface area (Å²) in [5, 5.41) is 11.6. The average Bonchev–Trinajstić information content (AvgIpc) is 3.23. The number of thioether (sulfide) groups is 1. The van der Waals surface area contributed by atoms with Gasteiger partial charge in [0.25, 0.3) is 5.91 Å². The largest absolute Gasteiger partial charge is 0.472 e. The Morgan fingerprint density at radius 3 is 2.74 bits per heavy atom. The van der Waals surface area contributed by atoms with E-state index in [1.807, 2.05) is 6.26 Å². The van der Waals surface area contributed by atoms with Gasteiger partial charge in [0.2, 0.25) is 0 Å². The van der Waals surface area contributed by atoms with Crippen molar-refractivity contribution < 1.29 is 13.6 Å². The van der Waals surface area contributed by atoms with Crippen molar-refractivity contribution in [2.24, 2.45) is 0 Å². The monoisotopic (exact) mass is 332 g/mol. The van der Waals surface area contributed by atoms with Crippen molar-refractivity contribution in [2.75, 3.05) is 6.26 Å². The van der Waals surface area contributed by atoms with Gasteiger partial charge in [-0.1, -0.05) is 11.8 Å². The topological polar surface area (TPSA) is 73.0 Å². The SMILES string of the molecule is CSc1nnc(CNC(=O)c2ccoc2)n1-c1ccc(F)cc1. The number of carbonyl (C=O) groups is 1. The molecule has 3 aromatic rings. The molecule has 0 unspecified atom stereocenters. The summed E-state index contributed by atoms with van der Waals surface area (Å²) in [5.41, 5.74) is 1.16. The lowest BCUT2D eigenvalue weighted by Crippen LogP contribution is -2.24. The molecule has 1 N–H and O–H groups in total. The highest BCUT2D eigenvalue weighted by atomic mass is 32.2. The van der Waals surface area contributed by atoms with Crippen molar-refractivity contribution in [1.82, 2.24) is 20.1 Å². The second kappa shape index (κ2) is 6.66. The average molecular weight is 332 g/mol. The normalized spacial score (nSPS) is 10.7. The minimum absolute atomic E-state index is 0.189. The molecule has 0 saturated carbocycles. The van der Waals surface area contributed by atoms with E-state index >= 15 is 0 Å². The molecule has 3 rings (SSSR count). The third-order valence-electron chi connectivity index (χ3n) is 3.16. The van der Waals surface area contributed by atoms with Crippen LogP contribution in [0.25, 0.3) is 5.69 Å². The maximum atomic E-state index is 13.1. The molecule has 0 aliphatic carbocycles. The molecular formula is C15H13FN4O2S. The molecule has 6 nitrogen and oxygen atoms in total. The highest BCUT2D eigenvalue weighted by Gasteiger charge is 2.15. The third-order valence-corrected chi connectivity index (χ3v) is 3.79. The maximum absolute atomic E-state index is 13.1. The van der Waals surface area contributed by atoms with E-state index in [4.69, 9.17) is 4.42 Å². The van der Waals surface area contributed by atoms with Crippen LogP contribution < -0.4 is 5.32 Å². The van der Waals surface area contributed by atoms with Crippen molar-refractivity contribution in [3.8, 4) is 5.69 Å². The molecule has 0 aliphatic heterocycles. The lowest BCUT2D eigenvalue weighted by Gasteiger charge is -2.09. The van der Waals surface area contributed by atoms with Crippen LogP contribution in [0.2, 0.25) is 0 Å². The van der Waals surface area contributed by atoms with Crippen molar-refractivity contribution in [3.05, 3.63) is 60.1 Å². The number of nitrogens with zero attached hydrogens (tertiary/aromatic N) is 3. The number of benzene rings is 1. The summed E-state index contributed by atoms with van der Waals surface area (Å²) in [6.07, 6.45) is 4.67. The van der Waals surface area contributed by atoms with Gasteiger partial charge in [-0.3, -0.25) is 9.36 Å². The molecule has 1 amide bonds. The number of nitrogens with one attached hydrogen (secondary N) is 1. The van der Waals surface area contributed by atoms with Gasteiger partial charge in [0.15, 0.2) is 11.0 Å². The van der Waals surface area contributed by atoms with Crippen molar-refractivity contribution in [2.45, 2.75) is 11.7 Å². The predicted octanol–water partition coefficient (Wildman–Crippen LogP) is 2.65. The van der Waals surface area contributed by atoms with Gasteiger partial charge in [-0.2, -0.15) is 0 Å². The molecule has 0 radical (unpaired) electrons. The number of rotatable bonds is 5. The van der Waals surface area contributed by atoms with Gasteiger partial charge in [0.05, 0.1) is 18.4 Å². The lowest BCUT2D eigenvalue weighted by atomic mass is 10.3. The quantitative estimate of drug-likeness (QED) is 0.727. The highest BCUT2D eigenvalue weighted by molar-refractivity contribution is 7.98. The predicted molar refractivity (Wildman–Crippen MR) is 83.0 cm³/mol. The number of hydrogen-bond acceptors (Lipinski definition) is 5. The number of carbonyl (C=O) groups excluding carboxylic acids is 1. The van der Waals surface area contributed by atoms with Crippen LogP contribution in [0.1, 0.15) is 16.2 Å². The summed E-state index contributed by atoms with van der Waals surface area (Å²) in [5.74, 6) is -0.0294. The number of hydrogen-bond donors (Lipinski definition) is 1. The van der Waals surface area contributed by atoms with Crippen molar-refractivity contribution in [1.29, 1.82) is 0 Å². The van der Waals surface area contributed by atoms with Gasteiger partial charge in [0.1, 0.15) is 12.1 Å². The van der Waals surface area contributed by atoms with Crippen molar-refractivity contribution >= 4 is 17.7 Å². The Balaban J connectivity index is 1.84. The molecule has 8 heteroatoms. The third kappa shape index (κ3) is 3.26. The lowest BCUT2D eigenvalue weighted by molar-refractivity contribution is 0.0949. The Bertz CT molecular complexity index is 800. The second-order valence-electron chi connectivity index (χ2n) is 4.61. The van der Waals surface area contributed by atoms with Gasteiger partial charge < -0.3 is 9.73 Å². The van der Waals surface area contributed by atoms with E-state index in [0.717, 1.165) is 5.69 Å². The zero-order valence-electron chi connectivity index (χ0n) is 12.2. The molecule has 0 bridgehead atoms. The molecule has 0 aliphatic rings. The van der Waals surface area contributed by atoms with Gasteiger partial charge >= 0.3 is 0 Å². The molecule has 2 heterocycles. The zero-order valence-corrected chi connectivity index (χ0v) is 13.0. The van der Waals surface area contributed by atoms with E-state index < -0.39 is 0 Å². The molecule has 23 heavy (non-hydrogen) atoms.